The lowest BCUT2D eigenvalue weighted by Crippen LogP contribution is -2.09. The summed E-state index contributed by atoms with van der Waals surface area (Å²) in [7, 11) is 0. The summed E-state index contributed by atoms with van der Waals surface area (Å²) in [6.45, 7) is 0. The number of H-pyrrole nitrogens is 1. The summed E-state index contributed by atoms with van der Waals surface area (Å²) < 4.78 is 0. The van der Waals surface area contributed by atoms with Crippen LogP contribution in [0.3, 0.4) is 0 Å². The lowest BCUT2D eigenvalue weighted by atomic mass is 9.96. The van der Waals surface area contributed by atoms with Gasteiger partial charge in [-0.1, -0.05) is 0 Å². The minimum atomic E-state index is -0.504. The Kier molecular flexibility index (Phi) is 2.20. The molecule has 0 atom stereocenters. The first-order valence-corrected chi connectivity index (χ1v) is 6.33. The van der Waals surface area contributed by atoms with Gasteiger partial charge in [-0.3, -0.25) is 4.79 Å². The van der Waals surface area contributed by atoms with Crippen molar-refractivity contribution in [1.82, 2.24) is 4.98 Å². The van der Waals surface area contributed by atoms with Crippen LogP contribution in [0.5, 0.6) is 5.75 Å². The maximum absolute atomic E-state index is 11.6. The topological polar surface area (TPSA) is 76.9 Å². The van der Waals surface area contributed by atoms with E-state index in [1.165, 1.54) is 16.2 Å². The van der Waals surface area contributed by atoms with Gasteiger partial charge in [-0.25, -0.2) is 0 Å². The molecule has 1 aliphatic rings. The third kappa shape index (κ3) is 1.38. The van der Waals surface area contributed by atoms with Gasteiger partial charge in [0, 0.05) is 4.88 Å². The average Bonchev–Trinajstić information content (AvgIpc) is 2.67. The summed E-state index contributed by atoms with van der Waals surface area (Å²) in [5.74, 6) is -0.148. The second-order valence-corrected chi connectivity index (χ2v) is 5.31. The Balaban J connectivity index is 2.46. The van der Waals surface area contributed by atoms with Gasteiger partial charge in [0.2, 0.25) is 0 Å². The minimum absolute atomic E-state index is 0.148. The fourth-order valence-corrected chi connectivity index (χ4v) is 3.69. The number of thiophene rings is 1. The van der Waals surface area contributed by atoms with Gasteiger partial charge in [0.25, 0.3) is 5.56 Å². The molecule has 0 unspecified atom stereocenters. The second-order valence-electron chi connectivity index (χ2n) is 4.20. The summed E-state index contributed by atoms with van der Waals surface area (Å²) in [5.41, 5.74) is 0.432. The minimum Gasteiger partial charge on any atom is -0.506 e. The molecule has 0 saturated heterocycles. The van der Waals surface area contributed by atoms with Crippen LogP contribution < -0.4 is 5.56 Å². The number of rotatable bonds is 0. The normalized spacial score (nSPS) is 14.5. The highest BCUT2D eigenvalue weighted by Crippen LogP contribution is 2.39. The molecule has 2 N–H and O–H groups in total. The number of nitrogens with one attached hydrogen (secondary N) is 1. The fourth-order valence-electron chi connectivity index (χ4n) is 2.41. The lowest BCUT2D eigenvalue weighted by molar-refractivity contribution is 0.478. The van der Waals surface area contributed by atoms with Crippen LogP contribution in [0.25, 0.3) is 10.2 Å². The van der Waals surface area contributed by atoms with Crippen molar-refractivity contribution in [3.63, 3.8) is 0 Å². The molecule has 0 saturated carbocycles. The second kappa shape index (κ2) is 3.60. The molecule has 3 rings (SSSR count). The zero-order valence-electron chi connectivity index (χ0n) is 9.04. The predicted octanol–water partition coefficient (Wildman–Crippen LogP) is 2.05. The highest BCUT2D eigenvalue weighted by atomic mass is 32.1. The number of fused-ring (bicyclic) bond motifs is 3. The third-order valence-corrected chi connectivity index (χ3v) is 4.42. The van der Waals surface area contributed by atoms with Gasteiger partial charge in [0.05, 0.1) is 5.39 Å². The summed E-state index contributed by atoms with van der Waals surface area (Å²) in [4.78, 5) is 16.2. The molecule has 0 amide bonds. The first kappa shape index (κ1) is 10.4. The summed E-state index contributed by atoms with van der Waals surface area (Å²) in [6.07, 6.45) is 4.16. The molecule has 0 aliphatic heterocycles. The van der Waals surface area contributed by atoms with E-state index >= 15 is 0 Å². The van der Waals surface area contributed by atoms with Crippen molar-refractivity contribution in [2.24, 2.45) is 0 Å². The van der Waals surface area contributed by atoms with Crippen LogP contribution in [0, 0.1) is 11.3 Å². The highest BCUT2D eigenvalue weighted by molar-refractivity contribution is 7.18. The van der Waals surface area contributed by atoms with Crippen molar-refractivity contribution in [3.05, 3.63) is 26.4 Å². The van der Waals surface area contributed by atoms with E-state index in [0.717, 1.165) is 31.2 Å². The van der Waals surface area contributed by atoms with E-state index in [1.54, 1.807) is 6.07 Å². The van der Waals surface area contributed by atoms with Crippen LogP contribution in [0.2, 0.25) is 0 Å². The number of aromatic amines is 1. The molecular weight excluding hydrogens is 236 g/mol. The molecule has 2 aromatic rings. The van der Waals surface area contributed by atoms with Crippen molar-refractivity contribution >= 4 is 21.6 Å². The standard InChI is InChI=1S/C12H10N2O2S/c13-5-7-10(15)9-6-3-1-2-4-8(6)17-12(9)14-11(7)16/h1-4H2,(H2,14,15,16). The Morgan fingerprint density at radius 3 is 2.88 bits per heavy atom. The van der Waals surface area contributed by atoms with Gasteiger partial charge in [0.1, 0.15) is 16.6 Å². The molecule has 86 valence electrons. The number of hydrogen-bond acceptors (Lipinski definition) is 4. The fraction of sp³-hybridized carbons (Fsp3) is 0.333. The Morgan fingerprint density at radius 2 is 2.12 bits per heavy atom. The van der Waals surface area contributed by atoms with Crippen LogP contribution in [0.15, 0.2) is 4.79 Å². The van der Waals surface area contributed by atoms with E-state index in [2.05, 4.69) is 4.98 Å². The summed E-state index contributed by atoms with van der Waals surface area (Å²) in [6, 6.07) is 1.76. The molecule has 0 bridgehead atoms. The maximum Gasteiger partial charge on any atom is 0.270 e. The Labute approximate surface area is 101 Å². The van der Waals surface area contributed by atoms with E-state index in [1.807, 2.05) is 0 Å². The molecule has 0 aromatic carbocycles. The van der Waals surface area contributed by atoms with Crippen molar-refractivity contribution in [2.75, 3.05) is 0 Å². The van der Waals surface area contributed by atoms with Crippen LogP contribution >= 0.6 is 11.3 Å². The third-order valence-electron chi connectivity index (χ3n) is 3.21. The van der Waals surface area contributed by atoms with E-state index in [-0.39, 0.29) is 11.3 Å². The number of nitriles is 1. The molecule has 2 aromatic heterocycles. The lowest BCUT2D eigenvalue weighted by Gasteiger charge is -2.10. The van der Waals surface area contributed by atoms with Crippen molar-refractivity contribution < 1.29 is 5.11 Å². The van der Waals surface area contributed by atoms with Gasteiger partial charge in [0.15, 0.2) is 5.56 Å². The monoisotopic (exact) mass is 246 g/mol. The van der Waals surface area contributed by atoms with Crippen molar-refractivity contribution in [1.29, 1.82) is 5.26 Å². The average molecular weight is 246 g/mol. The van der Waals surface area contributed by atoms with Crippen LogP contribution in [0.1, 0.15) is 28.8 Å². The smallest absolute Gasteiger partial charge is 0.270 e. The van der Waals surface area contributed by atoms with Gasteiger partial charge in [-0.2, -0.15) is 5.26 Å². The molecule has 0 spiro atoms. The van der Waals surface area contributed by atoms with Gasteiger partial charge < -0.3 is 10.1 Å². The Morgan fingerprint density at radius 1 is 1.35 bits per heavy atom. The SMILES string of the molecule is N#Cc1c(O)c2c3c(sc2[nH]c1=O)CCCC3. The summed E-state index contributed by atoms with van der Waals surface area (Å²) in [5, 5.41) is 19.6. The number of aryl methyl sites for hydroxylation is 2. The number of nitrogens with zero attached hydrogens (tertiary/aromatic N) is 1. The molecule has 2 heterocycles. The van der Waals surface area contributed by atoms with Crippen LogP contribution in [-0.2, 0) is 12.8 Å². The molecule has 0 radical (unpaired) electrons. The van der Waals surface area contributed by atoms with Crippen molar-refractivity contribution in [2.45, 2.75) is 25.7 Å². The van der Waals surface area contributed by atoms with E-state index in [0.29, 0.717) is 10.2 Å². The quantitative estimate of drug-likeness (QED) is 0.746. The van der Waals surface area contributed by atoms with Gasteiger partial charge in [-0.15, -0.1) is 11.3 Å². The van der Waals surface area contributed by atoms with Crippen LogP contribution in [0.4, 0.5) is 0 Å². The van der Waals surface area contributed by atoms with Crippen LogP contribution in [-0.4, -0.2) is 10.1 Å². The van der Waals surface area contributed by atoms with E-state index in [4.69, 9.17) is 5.26 Å². The van der Waals surface area contributed by atoms with Gasteiger partial charge >= 0.3 is 0 Å². The number of hydrogen-bond donors (Lipinski definition) is 2. The molecule has 0 fully saturated rings. The predicted molar refractivity (Wildman–Crippen MR) is 65.5 cm³/mol. The summed E-state index contributed by atoms with van der Waals surface area (Å²) >= 11 is 1.52. The molecule has 1 aliphatic carbocycles. The zero-order valence-corrected chi connectivity index (χ0v) is 9.86. The van der Waals surface area contributed by atoms with E-state index < -0.39 is 5.56 Å². The first-order chi connectivity index (χ1) is 8.22. The number of aromatic hydroxyl groups is 1. The maximum atomic E-state index is 11.6. The van der Waals surface area contributed by atoms with Crippen molar-refractivity contribution in [3.8, 4) is 11.8 Å². The molecule has 4 nitrogen and oxygen atoms in total. The molecular formula is C12H10N2O2S. The Hall–Kier alpha value is -1.80. The largest absolute Gasteiger partial charge is 0.506 e. The molecule has 17 heavy (non-hydrogen) atoms. The zero-order chi connectivity index (χ0) is 12.0. The van der Waals surface area contributed by atoms with Gasteiger partial charge in [-0.05, 0) is 31.2 Å². The first-order valence-electron chi connectivity index (χ1n) is 5.52. The molecule has 5 heteroatoms. The van der Waals surface area contributed by atoms with E-state index in [9.17, 15) is 9.90 Å². The number of aromatic nitrogens is 1. The highest BCUT2D eigenvalue weighted by Gasteiger charge is 2.21. The number of pyridine rings is 1. The Bertz CT molecular complexity index is 706.